The summed E-state index contributed by atoms with van der Waals surface area (Å²) in [4.78, 5) is 14.2. The van der Waals surface area contributed by atoms with Gasteiger partial charge < -0.3 is 10.6 Å². The first kappa shape index (κ1) is 15.5. The van der Waals surface area contributed by atoms with Gasteiger partial charge in [0, 0.05) is 10.2 Å². The van der Waals surface area contributed by atoms with E-state index in [1.54, 1.807) is 0 Å². The van der Waals surface area contributed by atoms with Gasteiger partial charge in [-0.3, -0.25) is 9.69 Å². The zero-order chi connectivity index (χ0) is 14.4. The van der Waals surface area contributed by atoms with Gasteiger partial charge in [-0.25, -0.2) is 0 Å². The largest absolute Gasteiger partial charge is 0.325 e. The molecule has 1 saturated heterocycles. The summed E-state index contributed by atoms with van der Waals surface area (Å²) in [5, 5.41) is 6.17. The molecule has 1 fully saturated rings. The van der Waals surface area contributed by atoms with Gasteiger partial charge in [0.2, 0.25) is 5.91 Å². The number of nitrogens with one attached hydrogen (secondary N) is 2. The van der Waals surface area contributed by atoms with Crippen LogP contribution in [0.2, 0.25) is 0 Å². The van der Waals surface area contributed by atoms with Gasteiger partial charge in [-0.05, 0) is 69.7 Å². The molecule has 0 aliphatic carbocycles. The first-order chi connectivity index (χ1) is 9.67. The molecule has 2 rings (SSSR count). The highest BCUT2D eigenvalue weighted by atomic mass is 79.9. The molecule has 0 atom stereocenters. The van der Waals surface area contributed by atoms with Gasteiger partial charge >= 0.3 is 0 Å². The smallest absolute Gasteiger partial charge is 0.238 e. The average molecular weight is 340 g/mol. The number of hydrogen-bond donors (Lipinski definition) is 2. The Bertz CT molecular complexity index is 427. The summed E-state index contributed by atoms with van der Waals surface area (Å²) in [6.07, 6.45) is 2.35. The molecule has 0 aromatic heterocycles. The number of carbonyl (C=O) groups is 1. The van der Waals surface area contributed by atoms with Crippen LogP contribution in [0.5, 0.6) is 0 Å². The van der Waals surface area contributed by atoms with E-state index in [2.05, 4.69) is 31.5 Å². The second-order valence-electron chi connectivity index (χ2n) is 5.33. The Balaban J connectivity index is 1.74. The molecule has 5 heteroatoms. The van der Waals surface area contributed by atoms with E-state index in [0.29, 0.717) is 6.54 Å². The van der Waals surface area contributed by atoms with Crippen LogP contribution in [0, 0.1) is 5.92 Å². The quantitative estimate of drug-likeness (QED) is 0.865. The molecular formula is C15H22BrN3O. The van der Waals surface area contributed by atoms with Crippen molar-refractivity contribution in [2.75, 3.05) is 38.5 Å². The standard InChI is InChI=1S/C15H22BrN3O/c1-17-10-12-6-8-19(9-7-12)11-15(20)18-14-4-2-13(16)3-5-14/h2-5,12,17H,6-11H2,1H3,(H,18,20). The molecule has 0 unspecified atom stereocenters. The Hall–Kier alpha value is -0.910. The molecule has 0 bridgehead atoms. The van der Waals surface area contributed by atoms with Crippen LogP contribution < -0.4 is 10.6 Å². The van der Waals surface area contributed by atoms with Crippen LogP contribution in [0.1, 0.15) is 12.8 Å². The van der Waals surface area contributed by atoms with Gasteiger partial charge in [-0.1, -0.05) is 15.9 Å². The van der Waals surface area contributed by atoms with Crippen LogP contribution in [-0.2, 0) is 4.79 Å². The van der Waals surface area contributed by atoms with Crippen LogP contribution in [0.3, 0.4) is 0 Å². The van der Waals surface area contributed by atoms with Crippen LogP contribution in [-0.4, -0.2) is 44.0 Å². The maximum Gasteiger partial charge on any atom is 0.238 e. The van der Waals surface area contributed by atoms with E-state index in [1.165, 1.54) is 12.8 Å². The minimum Gasteiger partial charge on any atom is -0.325 e. The summed E-state index contributed by atoms with van der Waals surface area (Å²) in [6.45, 7) is 3.60. The van der Waals surface area contributed by atoms with Crippen molar-refractivity contribution in [3.8, 4) is 0 Å². The first-order valence-electron chi connectivity index (χ1n) is 7.10. The number of hydrogen-bond acceptors (Lipinski definition) is 3. The topological polar surface area (TPSA) is 44.4 Å². The van der Waals surface area contributed by atoms with Gasteiger partial charge in [0.25, 0.3) is 0 Å². The lowest BCUT2D eigenvalue weighted by atomic mass is 9.97. The molecule has 1 aliphatic heterocycles. The highest BCUT2D eigenvalue weighted by molar-refractivity contribution is 9.10. The molecule has 1 amide bonds. The van der Waals surface area contributed by atoms with Gasteiger partial charge in [-0.2, -0.15) is 0 Å². The Kier molecular flexibility index (Phi) is 6.01. The maximum absolute atomic E-state index is 12.0. The Labute approximate surface area is 129 Å². The predicted molar refractivity (Wildman–Crippen MR) is 85.9 cm³/mol. The van der Waals surface area contributed by atoms with Gasteiger partial charge in [0.05, 0.1) is 6.54 Å². The second kappa shape index (κ2) is 7.76. The molecule has 0 spiro atoms. The summed E-state index contributed by atoms with van der Waals surface area (Å²) >= 11 is 3.38. The highest BCUT2D eigenvalue weighted by Gasteiger charge is 2.20. The fraction of sp³-hybridized carbons (Fsp3) is 0.533. The van der Waals surface area contributed by atoms with Gasteiger partial charge in [0.15, 0.2) is 0 Å². The van der Waals surface area contributed by atoms with Gasteiger partial charge in [0.1, 0.15) is 0 Å². The van der Waals surface area contributed by atoms with Crippen molar-refractivity contribution >= 4 is 27.5 Å². The summed E-state index contributed by atoms with van der Waals surface area (Å²) in [7, 11) is 2.00. The van der Waals surface area contributed by atoms with E-state index in [4.69, 9.17) is 0 Å². The number of halogens is 1. The summed E-state index contributed by atoms with van der Waals surface area (Å²) in [5.74, 6) is 0.824. The number of benzene rings is 1. The third kappa shape index (κ3) is 4.89. The van der Waals surface area contributed by atoms with Crippen LogP contribution in [0.25, 0.3) is 0 Å². The molecule has 20 heavy (non-hydrogen) atoms. The van der Waals surface area contributed by atoms with Crippen LogP contribution in [0.15, 0.2) is 28.7 Å². The maximum atomic E-state index is 12.0. The number of piperidine rings is 1. The fourth-order valence-corrected chi connectivity index (χ4v) is 2.84. The van der Waals surface area contributed by atoms with Crippen molar-refractivity contribution in [2.24, 2.45) is 5.92 Å². The van der Waals surface area contributed by atoms with Crippen molar-refractivity contribution in [3.05, 3.63) is 28.7 Å². The van der Waals surface area contributed by atoms with Crippen LogP contribution >= 0.6 is 15.9 Å². The summed E-state index contributed by atoms with van der Waals surface area (Å²) in [5.41, 5.74) is 0.850. The van der Waals surface area contributed by atoms with Crippen molar-refractivity contribution in [3.63, 3.8) is 0 Å². The number of anilines is 1. The zero-order valence-electron chi connectivity index (χ0n) is 11.9. The van der Waals surface area contributed by atoms with E-state index >= 15 is 0 Å². The number of carbonyl (C=O) groups excluding carboxylic acids is 1. The van der Waals surface area contributed by atoms with Crippen molar-refractivity contribution in [2.45, 2.75) is 12.8 Å². The molecule has 1 aromatic carbocycles. The Morgan fingerprint density at radius 2 is 1.95 bits per heavy atom. The fourth-order valence-electron chi connectivity index (χ4n) is 2.57. The van der Waals surface area contributed by atoms with Crippen molar-refractivity contribution in [1.82, 2.24) is 10.2 Å². The van der Waals surface area contributed by atoms with E-state index in [1.807, 2.05) is 31.3 Å². The van der Waals surface area contributed by atoms with Crippen LogP contribution in [0.4, 0.5) is 5.69 Å². The first-order valence-corrected chi connectivity index (χ1v) is 7.89. The van der Waals surface area contributed by atoms with Crippen molar-refractivity contribution < 1.29 is 4.79 Å². The molecular weight excluding hydrogens is 318 g/mol. The number of likely N-dealkylation sites (tertiary alicyclic amines) is 1. The van der Waals surface area contributed by atoms with E-state index < -0.39 is 0 Å². The summed E-state index contributed by atoms with van der Waals surface area (Å²) in [6, 6.07) is 7.67. The number of amides is 1. The molecule has 0 saturated carbocycles. The Morgan fingerprint density at radius 1 is 1.30 bits per heavy atom. The SMILES string of the molecule is CNCC1CCN(CC(=O)Nc2ccc(Br)cc2)CC1. The highest BCUT2D eigenvalue weighted by Crippen LogP contribution is 2.17. The molecule has 4 nitrogen and oxygen atoms in total. The molecule has 1 aromatic rings. The second-order valence-corrected chi connectivity index (χ2v) is 6.25. The normalized spacial score (nSPS) is 17.1. The van der Waals surface area contributed by atoms with Gasteiger partial charge in [-0.15, -0.1) is 0 Å². The Morgan fingerprint density at radius 3 is 2.55 bits per heavy atom. The third-order valence-corrected chi connectivity index (χ3v) is 4.22. The lowest BCUT2D eigenvalue weighted by molar-refractivity contribution is -0.117. The molecule has 1 aliphatic rings. The average Bonchev–Trinajstić information content (AvgIpc) is 2.44. The third-order valence-electron chi connectivity index (χ3n) is 3.70. The minimum absolute atomic E-state index is 0.0689. The van der Waals surface area contributed by atoms with Crippen molar-refractivity contribution in [1.29, 1.82) is 0 Å². The van der Waals surface area contributed by atoms with E-state index in [0.717, 1.165) is 35.7 Å². The molecule has 0 radical (unpaired) electrons. The molecule has 2 N–H and O–H groups in total. The number of nitrogens with zero attached hydrogens (tertiary/aromatic N) is 1. The van der Waals surface area contributed by atoms with E-state index in [9.17, 15) is 4.79 Å². The molecule has 1 heterocycles. The lowest BCUT2D eigenvalue weighted by Crippen LogP contribution is -2.40. The molecule has 110 valence electrons. The number of rotatable bonds is 5. The lowest BCUT2D eigenvalue weighted by Gasteiger charge is -2.31. The predicted octanol–water partition coefficient (Wildman–Crippen LogP) is 2.32. The zero-order valence-corrected chi connectivity index (χ0v) is 13.4. The monoisotopic (exact) mass is 339 g/mol. The minimum atomic E-state index is 0.0689. The summed E-state index contributed by atoms with van der Waals surface area (Å²) < 4.78 is 1.02. The van der Waals surface area contributed by atoms with E-state index in [-0.39, 0.29) is 5.91 Å².